The fourth-order valence-corrected chi connectivity index (χ4v) is 1.85. The molecular formula is C11H19N5. The molecule has 0 saturated carbocycles. The molecule has 0 aromatic carbocycles. The van der Waals surface area contributed by atoms with E-state index in [0.717, 1.165) is 25.3 Å². The summed E-state index contributed by atoms with van der Waals surface area (Å²) in [6, 6.07) is 2.55. The molecule has 1 aromatic heterocycles. The van der Waals surface area contributed by atoms with Crippen LogP contribution in [0.25, 0.3) is 0 Å². The lowest BCUT2D eigenvalue weighted by molar-refractivity contribution is 0.751. The van der Waals surface area contributed by atoms with Crippen molar-refractivity contribution in [2.24, 2.45) is 5.73 Å². The van der Waals surface area contributed by atoms with E-state index in [2.05, 4.69) is 34.0 Å². The van der Waals surface area contributed by atoms with Gasteiger partial charge in [0.05, 0.1) is 0 Å². The average Bonchev–Trinajstić information content (AvgIpc) is 2.64. The molecule has 2 heterocycles. The molecule has 0 bridgehead atoms. The van der Waals surface area contributed by atoms with E-state index in [-0.39, 0.29) is 6.04 Å². The minimum absolute atomic E-state index is 0.275. The van der Waals surface area contributed by atoms with Gasteiger partial charge in [-0.05, 0) is 26.3 Å². The molecule has 0 amide bonds. The van der Waals surface area contributed by atoms with Crippen LogP contribution < -0.4 is 16.0 Å². The van der Waals surface area contributed by atoms with Gasteiger partial charge in [0.15, 0.2) is 0 Å². The molecule has 1 unspecified atom stereocenters. The van der Waals surface area contributed by atoms with E-state index in [0.29, 0.717) is 12.0 Å². The third-order valence-electron chi connectivity index (χ3n) is 2.61. The molecular weight excluding hydrogens is 202 g/mol. The second kappa shape index (κ2) is 4.65. The summed E-state index contributed by atoms with van der Waals surface area (Å²) in [4.78, 5) is 10.9. The van der Waals surface area contributed by atoms with Crippen LogP contribution in [0.4, 0.5) is 11.8 Å². The molecule has 1 aromatic rings. The van der Waals surface area contributed by atoms with E-state index >= 15 is 0 Å². The number of aromatic nitrogens is 2. The Kier molecular flexibility index (Phi) is 3.24. The van der Waals surface area contributed by atoms with Gasteiger partial charge in [-0.15, -0.1) is 0 Å². The van der Waals surface area contributed by atoms with Crippen LogP contribution in [0.3, 0.4) is 0 Å². The van der Waals surface area contributed by atoms with E-state index in [1.54, 1.807) is 6.20 Å². The number of nitrogens with one attached hydrogen (secondary N) is 1. The molecule has 1 fully saturated rings. The van der Waals surface area contributed by atoms with Gasteiger partial charge in [-0.3, -0.25) is 0 Å². The lowest BCUT2D eigenvalue weighted by Gasteiger charge is -2.17. The van der Waals surface area contributed by atoms with Gasteiger partial charge in [-0.25, -0.2) is 4.98 Å². The van der Waals surface area contributed by atoms with Gasteiger partial charge in [0.25, 0.3) is 0 Å². The Morgan fingerprint density at radius 2 is 2.38 bits per heavy atom. The maximum Gasteiger partial charge on any atom is 0.224 e. The van der Waals surface area contributed by atoms with Crippen LogP contribution in [0, 0.1) is 0 Å². The fourth-order valence-electron chi connectivity index (χ4n) is 1.85. The molecule has 1 saturated heterocycles. The number of hydrogen-bond acceptors (Lipinski definition) is 5. The summed E-state index contributed by atoms with van der Waals surface area (Å²) < 4.78 is 0. The third kappa shape index (κ3) is 2.61. The monoisotopic (exact) mass is 221 g/mol. The Hall–Kier alpha value is -1.36. The number of nitrogens with zero attached hydrogens (tertiary/aromatic N) is 3. The molecule has 2 rings (SSSR count). The standard InChI is InChI=1S/C11H19N5/c1-8(2)14-11-13-5-3-10(15-11)16-6-4-9(12)7-16/h3,5,8-9H,4,6-7,12H2,1-2H3,(H,13,14,15). The van der Waals surface area contributed by atoms with Gasteiger partial charge in [-0.1, -0.05) is 0 Å². The predicted octanol–water partition coefficient (Wildman–Crippen LogP) is 0.834. The molecule has 1 aliphatic rings. The van der Waals surface area contributed by atoms with E-state index in [9.17, 15) is 0 Å². The van der Waals surface area contributed by atoms with Crippen LogP contribution in [-0.2, 0) is 0 Å². The molecule has 3 N–H and O–H groups in total. The number of nitrogens with two attached hydrogens (primary N) is 1. The highest BCUT2D eigenvalue weighted by atomic mass is 15.2. The summed E-state index contributed by atoms with van der Waals surface area (Å²) in [6.45, 7) is 6.01. The van der Waals surface area contributed by atoms with Crippen LogP contribution in [0.2, 0.25) is 0 Å². The lowest BCUT2D eigenvalue weighted by Crippen LogP contribution is -2.27. The Morgan fingerprint density at radius 3 is 3.00 bits per heavy atom. The second-order valence-electron chi connectivity index (χ2n) is 4.53. The summed E-state index contributed by atoms with van der Waals surface area (Å²) in [5, 5.41) is 3.20. The predicted molar refractivity (Wildman–Crippen MR) is 65.6 cm³/mol. The quantitative estimate of drug-likeness (QED) is 0.791. The highest BCUT2D eigenvalue weighted by molar-refractivity contribution is 5.43. The van der Waals surface area contributed by atoms with Crippen LogP contribution in [0.5, 0.6) is 0 Å². The van der Waals surface area contributed by atoms with Gasteiger partial charge in [0.2, 0.25) is 5.95 Å². The maximum atomic E-state index is 5.88. The van der Waals surface area contributed by atoms with E-state index in [1.165, 1.54) is 0 Å². The largest absolute Gasteiger partial charge is 0.355 e. The van der Waals surface area contributed by atoms with E-state index in [1.807, 2.05) is 6.07 Å². The fraction of sp³-hybridized carbons (Fsp3) is 0.636. The van der Waals surface area contributed by atoms with Gasteiger partial charge < -0.3 is 16.0 Å². The first-order valence-corrected chi connectivity index (χ1v) is 5.75. The number of anilines is 2. The smallest absolute Gasteiger partial charge is 0.224 e. The zero-order valence-corrected chi connectivity index (χ0v) is 9.85. The van der Waals surface area contributed by atoms with Crippen molar-refractivity contribution in [2.45, 2.75) is 32.4 Å². The van der Waals surface area contributed by atoms with Crippen molar-refractivity contribution in [3.8, 4) is 0 Å². The summed E-state index contributed by atoms with van der Waals surface area (Å²) >= 11 is 0. The summed E-state index contributed by atoms with van der Waals surface area (Å²) in [7, 11) is 0. The van der Waals surface area contributed by atoms with Crippen molar-refractivity contribution in [1.82, 2.24) is 9.97 Å². The molecule has 0 radical (unpaired) electrons. The SMILES string of the molecule is CC(C)Nc1nccc(N2CCC(N)C2)n1. The van der Waals surface area contributed by atoms with Gasteiger partial charge in [0, 0.05) is 31.4 Å². The topological polar surface area (TPSA) is 67.1 Å². The van der Waals surface area contributed by atoms with Gasteiger partial charge >= 0.3 is 0 Å². The molecule has 1 atom stereocenters. The van der Waals surface area contributed by atoms with Crippen LogP contribution in [0.15, 0.2) is 12.3 Å². The van der Waals surface area contributed by atoms with Crippen LogP contribution in [-0.4, -0.2) is 35.1 Å². The molecule has 5 nitrogen and oxygen atoms in total. The van der Waals surface area contributed by atoms with Crippen molar-refractivity contribution in [2.75, 3.05) is 23.3 Å². The second-order valence-corrected chi connectivity index (χ2v) is 4.53. The van der Waals surface area contributed by atoms with Crippen molar-refractivity contribution in [1.29, 1.82) is 0 Å². The molecule has 0 aliphatic carbocycles. The Morgan fingerprint density at radius 1 is 1.56 bits per heavy atom. The first-order valence-electron chi connectivity index (χ1n) is 5.75. The number of rotatable bonds is 3. The highest BCUT2D eigenvalue weighted by Gasteiger charge is 2.20. The summed E-state index contributed by atoms with van der Waals surface area (Å²) in [6.07, 6.45) is 2.83. The van der Waals surface area contributed by atoms with Gasteiger partial charge in [0.1, 0.15) is 5.82 Å². The third-order valence-corrected chi connectivity index (χ3v) is 2.61. The molecule has 5 heteroatoms. The van der Waals surface area contributed by atoms with Crippen molar-refractivity contribution >= 4 is 11.8 Å². The van der Waals surface area contributed by atoms with Crippen molar-refractivity contribution < 1.29 is 0 Å². The van der Waals surface area contributed by atoms with Crippen molar-refractivity contribution in [3.63, 3.8) is 0 Å². The average molecular weight is 221 g/mol. The summed E-state index contributed by atoms with van der Waals surface area (Å²) in [5.74, 6) is 1.65. The molecule has 88 valence electrons. The van der Waals surface area contributed by atoms with Crippen molar-refractivity contribution in [3.05, 3.63) is 12.3 Å². The van der Waals surface area contributed by atoms with Gasteiger partial charge in [-0.2, -0.15) is 4.98 Å². The normalized spacial score (nSPS) is 20.5. The van der Waals surface area contributed by atoms with Crippen LogP contribution >= 0.6 is 0 Å². The first kappa shape index (κ1) is 11.1. The first-order chi connectivity index (χ1) is 7.65. The number of hydrogen-bond donors (Lipinski definition) is 2. The summed E-state index contributed by atoms with van der Waals surface area (Å²) in [5.41, 5.74) is 5.88. The highest BCUT2D eigenvalue weighted by Crippen LogP contribution is 2.17. The molecule has 1 aliphatic heterocycles. The zero-order chi connectivity index (χ0) is 11.5. The molecule has 0 spiro atoms. The minimum Gasteiger partial charge on any atom is -0.355 e. The van der Waals surface area contributed by atoms with E-state index in [4.69, 9.17) is 5.73 Å². The zero-order valence-electron chi connectivity index (χ0n) is 9.85. The maximum absolute atomic E-state index is 5.88. The Labute approximate surface area is 96.1 Å². The molecule has 16 heavy (non-hydrogen) atoms. The van der Waals surface area contributed by atoms with Crippen LogP contribution in [0.1, 0.15) is 20.3 Å². The Bertz CT molecular complexity index is 352. The minimum atomic E-state index is 0.275. The lowest BCUT2D eigenvalue weighted by atomic mass is 10.3. The Balaban J connectivity index is 2.09. The van der Waals surface area contributed by atoms with E-state index < -0.39 is 0 Å².